The highest BCUT2D eigenvalue weighted by Crippen LogP contribution is 2.27. The smallest absolute Gasteiger partial charge is 0.132 e. The predicted molar refractivity (Wildman–Crippen MR) is 65.9 cm³/mol. The predicted octanol–water partition coefficient (Wildman–Crippen LogP) is 2.05. The molecule has 5 heteroatoms. The highest BCUT2D eigenvalue weighted by Gasteiger charge is 2.19. The Kier molecular flexibility index (Phi) is 3.45. The molecule has 0 aliphatic heterocycles. The summed E-state index contributed by atoms with van der Waals surface area (Å²) >= 11 is 6.10. The maximum atomic E-state index is 10.2. The van der Waals surface area contributed by atoms with E-state index in [1.54, 1.807) is 17.9 Å². The molecule has 0 fully saturated rings. The van der Waals surface area contributed by atoms with Crippen molar-refractivity contribution in [3.8, 4) is 0 Å². The van der Waals surface area contributed by atoms with Gasteiger partial charge in [0.15, 0.2) is 0 Å². The zero-order chi connectivity index (χ0) is 12.4. The van der Waals surface area contributed by atoms with E-state index in [-0.39, 0.29) is 0 Å². The number of aliphatic hydroxyl groups is 1. The fourth-order valence-corrected chi connectivity index (χ4v) is 2.14. The lowest BCUT2D eigenvalue weighted by atomic mass is 10.1. The van der Waals surface area contributed by atoms with Crippen molar-refractivity contribution in [1.82, 2.24) is 14.8 Å². The summed E-state index contributed by atoms with van der Waals surface area (Å²) in [4.78, 5) is 4.18. The fourth-order valence-electron chi connectivity index (χ4n) is 1.84. The Labute approximate surface area is 105 Å². The minimum Gasteiger partial charge on any atom is -0.388 e. The third kappa shape index (κ3) is 2.48. The first kappa shape index (κ1) is 12.1. The third-order valence-electron chi connectivity index (χ3n) is 2.66. The minimum atomic E-state index is -0.675. The van der Waals surface area contributed by atoms with E-state index in [0.717, 1.165) is 11.4 Å². The summed E-state index contributed by atoms with van der Waals surface area (Å²) in [6.45, 7) is 1.84. The van der Waals surface area contributed by atoms with E-state index < -0.39 is 6.10 Å². The van der Waals surface area contributed by atoms with Gasteiger partial charge in [-0.1, -0.05) is 17.7 Å². The maximum absolute atomic E-state index is 10.2. The largest absolute Gasteiger partial charge is 0.388 e. The molecule has 0 saturated heterocycles. The fraction of sp³-hybridized carbons (Fsp3) is 0.333. The van der Waals surface area contributed by atoms with Crippen LogP contribution in [0.15, 0.2) is 24.4 Å². The van der Waals surface area contributed by atoms with Crippen LogP contribution in [0.25, 0.3) is 0 Å². The van der Waals surface area contributed by atoms with E-state index in [9.17, 15) is 5.11 Å². The van der Waals surface area contributed by atoms with Crippen LogP contribution in [0.2, 0.25) is 5.15 Å². The van der Waals surface area contributed by atoms with Crippen molar-refractivity contribution < 1.29 is 5.11 Å². The van der Waals surface area contributed by atoms with Crippen LogP contribution >= 0.6 is 11.6 Å². The van der Waals surface area contributed by atoms with Crippen molar-refractivity contribution in [3.63, 3.8) is 0 Å². The summed E-state index contributed by atoms with van der Waals surface area (Å²) in [7, 11) is 1.76. The summed E-state index contributed by atoms with van der Waals surface area (Å²) in [5.74, 6) is 0. The van der Waals surface area contributed by atoms with Gasteiger partial charge in [-0.05, 0) is 19.1 Å². The molecule has 90 valence electrons. The van der Waals surface area contributed by atoms with Gasteiger partial charge in [-0.2, -0.15) is 5.10 Å². The molecule has 0 spiro atoms. The molecule has 1 N–H and O–H groups in total. The van der Waals surface area contributed by atoms with Crippen molar-refractivity contribution in [1.29, 1.82) is 0 Å². The molecular weight excluding hydrogens is 238 g/mol. The molecule has 0 bridgehead atoms. The molecule has 1 atom stereocenters. The van der Waals surface area contributed by atoms with E-state index in [4.69, 9.17) is 11.6 Å². The van der Waals surface area contributed by atoms with Crippen LogP contribution in [0.1, 0.15) is 23.1 Å². The topological polar surface area (TPSA) is 50.9 Å². The third-order valence-corrected chi connectivity index (χ3v) is 3.11. The Bertz CT molecular complexity index is 510. The molecule has 0 saturated carbocycles. The normalized spacial score (nSPS) is 12.7. The zero-order valence-corrected chi connectivity index (χ0v) is 10.5. The number of aliphatic hydroxyl groups excluding tert-OH is 1. The molecule has 4 nitrogen and oxygen atoms in total. The molecule has 2 aromatic heterocycles. The van der Waals surface area contributed by atoms with Crippen LogP contribution in [-0.4, -0.2) is 19.9 Å². The molecule has 0 aliphatic rings. The van der Waals surface area contributed by atoms with Gasteiger partial charge in [0, 0.05) is 30.9 Å². The quantitative estimate of drug-likeness (QED) is 0.908. The van der Waals surface area contributed by atoms with Crippen molar-refractivity contribution >= 4 is 11.6 Å². The minimum absolute atomic E-state index is 0.438. The van der Waals surface area contributed by atoms with Crippen molar-refractivity contribution in [2.24, 2.45) is 7.05 Å². The van der Waals surface area contributed by atoms with E-state index >= 15 is 0 Å². The maximum Gasteiger partial charge on any atom is 0.132 e. The second-order valence-corrected chi connectivity index (χ2v) is 4.31. The van der Waals surface area contributed by atoms with Crippen molar-refractivity contribution in [3.05, 3.63) is 46.5 Å². The Morgan fingerprint density at radius 3 is 2.76 bits per heavy atom. The number of pyridine rings is 1. The van der Waals surface area contributed by atoms with Gasteiger partial charge in [-0.25, -0.2) is 0 Å². The summed E-state index contributed by atoms with van der Waals surface area (Å²) < 4.78 is 1.56. The Hall–Kier alpha value is -1.39. The SMILES string of the molecule is Cc1nn(C)c(Cl)c1C(O)Cc1ccccn1. The Morgan fingerprint density at radius 2 is 2.24 bits per heavy atom. The van der Waals surface area contributed by atoms with E-state index in [1.165, 1.54) is 0 Å². The van der Waals surface area contributed by atoms with Gasteiger partial charge in [0.2, 0.25) is 0 Å². The zero-order valence-electron chi connectivity index (χ0n) is 9.76. The molecule has 1 unspecified atom stereocenters. The molecule has 2 heterocycles. The molecule has 2 aromatic rings. The number of hydrogen-bond acceptors (Lipinski definition) is 3. The van der Waals surface area contributed by atoms with Gasteiger partial charge >= 0.3 is 0 Å². The first-order valence-electron chi connectivity index (χ1n) is 5.36. The average molecular weight is 252 g/mol. The number of rotatable bonds is 3. The molecule has 0 amide bonds. The van der Waals surface area contributed by atoms with Crippen LogP contribution in [0, 0.1) is 6.92 Å². The first-order chi connectivity index (χ1) is 8.09. The van der Waals surface area contributed by atoms with Crippen LogP contribution in [0.4, 0.5) is 0 Å². The Morgan fingerprint density at radius 1 is 1.47 bits per heavy atom. The molecule has 2 rings (SSSR count). The van der Waals surface area contributed by atoms with Gasteiger partial charge in [-0.15, -0.1) is 0 Å². The van der Waals surface area contributed by atoms with Crippen LogP contribution in [-0.2, 0) is 13.5 Å². The van der Waals surface area contributed by atoms with Crippen molar-refractivity contribution in [2.75, 3.05) is 0 Å². The van der Waals surface area contributed by atoms with Gasteiger partial charge in [-0.3, -0.25) is 9.67 Å². The monoisotopic (exact) mass is 251 g/mol. The molecule has 0 aliphatic carbocycles. The lowest BCUT2D eigenvalue weighted by Gasteiger charge is -2.09. The summed E-state index contributed by atoms with van der Waals surface area (Å²) in [6.07, 6.45) is 1.47. The molecular formula is C12H14ClN3O. The van der Waals surface area contributed by atoms with E-state index in [2.05, 4.69) is 10.1 Å². The lowest BCUT2D eigenvalue weighted by molar-refractivity contribution is 0.176. The van der Waals surface area contributed by atoms with Gasteiger partial charge in [0.05, 0.1) is 11.8 Å². The summed E-state index contributed by atoms with van der Waals surface area (Å²) in [6, 6.07) is 5.62. The first-order valence-corrected chi connectivity index (χ1v) is 5.74. The van der Waals surface area contributed by atoms with Gasteiger partial charge < -0.3 is 5.11 Å². The van der Waals surface area contributed by atoms with Crippen LogP contribution in [0.5, 0.6) is 0 Å². The van der Waals surface area contributed by atoms with Crippen molar-refractivity contribution in [2.45, 2.75) is 19.4 Å². The second-order valence-electron chi connectivity index (χ2n) is 3.95. The van der Waals surface area contributed by atoms with E-state index in [1.807, 2.05) is 25.1 Å². The lowest BCUT2D eigenvalue weighted by Crippen LogP contribution is -2.04. The number of aromatic nitrogens is 3. The standard InChI is InChI=1S/C12H14ClN3O/c1-8-11(12(13)16(2)15-8)10(17)7-9-5-3-4-6-14-9/h3-6,10,17H,7H2,1-2H3. The van der Waals surface area contributed by atoms with Gasteiger partial charge in [0.25, 0.3) is 0 Å². The van der Waals surface area contributed by atoms with Crippen LogP contribution in [0.3, 0.4) is 0 Å². The number of halogens is 1. The number of aryl methyl sites for hydroxylation is 2. The molecule has 0 aromatic carbocycles. The molecule has 17 heavy (non-hydrogen) atoms. The number of hydrogen-bond donors (Lipinski definition) is 1. The van der Waals surface area contributed by atoms with E-state index in [0.29, 0.717) is 17.1 Å². The highest BCUT2D eigenvalue weighted by molar-refractivity contribution is 6.30. The highest BCUT2D eigenvalue weighted by atomic mass is 35.5. The second kappa shape index (κ2) is 4.85. The summed E-state index contributed by atoms with van der Waals surface area (Å²) in [5.41, 5.74) is 2.26. The summed E-state index contributed by atoms with van der Waals surface area (Å²) in [5, 5.41) is 14.8. The Balaban J connectivity index is 2.23. The van der Waals surface area contributed by atoms with Crippen LogP contribution < -0.4 is 0 Å². The average Bonchev–Trinajstić information content (AvgIpc) is 2.54. The van der Waals surface area contributed by atoms with Gasteiger partial charge in [0.1, 0.15) is 5.15 Å². The number of nitrogens with zero attached hydrogens (tertiary/aromatic N) is 3. The molecule has 0 radical (unpaired) electrons.